The molecule has 2 saturated carbocycles. The minimum Gasteiger partial charge on any atom is -0.379 e. The lowest BCUT2D eigenvalue weighted by molar-refractivity contribution is -0.117. The van der Waals surface area contributed by atoms with Gasteiger partial charge in [-0.2, -0.15) is 0 Å². The van der Waals surface area contributed by atoms with E-state index in [4.69, 9.17) is 0 Å². The van der Waals surface area contributed by atoms with E-state index >= 15 is 0 Å². The first-order valence-electron chi connectivity index (χ1n) is 13.7. The van der Waals surface area contributed by atoms with Crippen LogP contribution >= 0.6 is 0 Å². The highest BCUT2D eigenvalue weighted by atomic mass is 19.1. The molecule has 2 aliphatic carbocycles. The molecule has 40 heavy (non-hydrogen) atoms. The van der Waals surface area contributed by atoms with Crippen molar-refractivity contribution in [1.82, 2.24) is 19.6 Å². The molecule has 0 aliphatic heterocycles. The molecular formula is C29H31FN8O2. The van der Waals surface area contributed by atoms with Crippen LogP contribution < -0.4 is 21.3 Å². The summed E-state index contributed by atoms with van der Waals surface area (Å²) >= 11 is 0. The fourth-order valence-electron chi connectivity index (χ4n) is 5.13. The third kappa shape index (κ3) is 6.03. The second-order valence-corrected chi connectivity index (χ2v) is 10.5. The number of nitrogens with zero attached hydrogens (tertiary/aromatic N) is 4. The van der Waals surface area contributed by atoms with E-state index in [1.165, 1.54) is 23.0 Å². The van der Waals surface area contributed by atoms with E-state index in [0.29, 0.717) is 29.8 Å². The van der Waals surface area contributed by atoms with Crippen molar-refractivity contribution in [2.24, 2.45) is 5.92 Å². The number of nitrogens with one attached hydrogen (secondary N) is 4. The molecule has 0 spiro atoms. The zero-order valence-corrected chi connectivity index (χ0v) is 21.9. The van der Waals surface area contributed by atoms with Crippen LogP contribution in [0.4, 0.5) is 27.3 Å². The lowest BCUT2D eigenvalue weighted by Crippen LogP contribution is -2.29. The first kappa shape index (κ1) is 25.7. The standard InChI is InChI=1S/C29H31FN8O2/c30-22-16-31-13-12-23(22)36-29(40)25-17-32-28-24(33-20-10-11-20)15-26(37-38(25)28)34-21-8-6-18(7-9-21)14-27(39)35-19-4-2-1-3-5-19/h1-5,12-13,15-18,20-21,33H,6-11,14H2,(H,34,37)(H,35,39)(H,31,36,40). The topological polar surface area (TPSA) is 125 Å². The summed E-state index contributed by atoms with van der Waals surface area (Å²) in [4.78, 5) is 33.7. The van der Waals surface area contributed by atoms with E-state index in [0.717, 1.165) is 56.1 Å². The average Bonchev–Trinajstić information content (AvgIpc) is 3.66. The van der Waals surface area contributed by atoms with Crippen molar-refractivity contribution < 1.29 is 14.0 Å². The van der Waals surface area contributed by atoms with E-state index in [1.54, 1.807) is 0 Å². The number of halogens is 1. The largest absolute Gasteiger partial charge is 0.379 e. The number of aromatic nitrogens is 4. The lowest BCUT2D eigenvalue weighted by Gasteiger charge is -2.29. The SMILES string of the molecule is O=C(CC1CCC(Nc2cc(NC3CC3)c3ncc(C(=O)Nc4ccncc4F)n3n2)CC1)Nc1ccccc1. The quantitative estimate of drug-likeness (QED) is 0.232. The number of rotatable bonds is 9. The van der Waals surface area contributed by atoms with E-state index in [-0.39, 0.29) is 23.3 Å². The van der Waals surface area contributed by atoms with Gasteiger partial charge in [0.2, 0.25) is 5.91 Å². The number of hydrogen-bond donors (Lipinski definition) is 4. The molecule has 206 valence electrons. The number of fused-ring (bicyclic) bond motifs is 1. The van der Waals surface area contributed by atoms with Gasteiger partial charge >= 0.3 is 0 Å². The third-order valence-electron chi connectivity index (χ3n) is 7.39. The van der Waals surface area contributed by atoms with Gasteiger partial charge in [0.15, 0.2) is 17.2 Å². The average molecular weight is 543 g/mol. The Kier molecular flexibility index (Phi) is 7.26. The predicted molar refractivity (Wildman–Crippen MR) is 151 cm³/mol. The van der Waals surface area contributed by atoms with Gasteiger partial charge < -0.3 is 21.3 Å². The molecule has 6 rings (SSSR count). The first-order valence-corrected chi connectivity index (χ1v) is 13.7. The number of pyridine rings is 1. The molecule has 11 heteroatoms. The highest BCUT2D eigenvalue weighted by Gasteiger charge is 2.26. The molecule has 0 atom stereocenters. The predicted octanol–water partition coefficient (Wildman–Crippen LogP) is 5.09. The molecule has 2 aliphatic rings. The first-order chi connectivity index (χ1) is 19.5. The Hall–Kier alpha value is -4.54. The molecule has 0 saturated heterocycles. The Balaban J connectivity index is 1.13. The Morgan fingerprint density at radius 1 is 0.900 bits per heavy atom. The maximum absolute atomic E-state index is 14.1. The molecule has 0 unspecified atom stereocenters. The summed E-state index contributed by atoms with van der Waals surface area (Å²) in [6, 6.07) is 13.4. The molecule has 2 fully saturated rings. The summed E-state index contributed by atoms with van der Waals surface area (Å²) in [5.41, 5.74) is 2.38. The number of carbonyl (C=O) groups excluding carboxylic acids is 2. The van der Waals surface area contributed by atoms with Crippen molar-refractivity contribution in [3.63, 3.8) is 0 Å². The summed E-state index contributed by atoms with van der Waals surface area (Å²) < 4.78 is 15.6. The zero-order valence-electron chi connectivity index (χ0n) is 21.9. The van der Waals surface area contributed by atoms with Crippen LogP contribution in [-0.4, -0.2) is 43.5 Å². The summed E-state index contributed by atoms with van der Waals surface area (Å²) in [5.74, 6) is -0.133. The van der Waals surface area contributed by atoms with Crippen molar-refractivity contribution in [2.75, 3.05) is 21.3 Å². The van der Waals surface area contributed by atoms with Crippen molar-refractivity contribution in [2.45, 2.75) is 57.0 Å². The van der Waals surface area contributed by atoms with Crippen molar-refractivity contribution in [3.8, 4) is 0 Å². The normalized spacial score (nSPS) is 18.7. The maximum atomic E-state index is 14.1. The van der Waals surface area contributed by atoms with Crippen molar-refractivity contribution >= 4 is 40.3 Å². The van der Waals surface area contributed by atoms with Crippen LogP contribution in [0.1, 0.15) is 55.4 Å². The Bertz CT molecular complexity index is 1510. The van der Waals surface area contributed by atoms with E-state index in [1.807, 2.05) is 36.4 Å². The van der Waals surface area contributed by atoms with Gasteiger partial charge in [0.25, 0.3) is 5.91 Å². The zero-order chi connectivity index (χ0) is 27.5. The Morgan fingerprint density at radius 2 is 1.65 bits per heavy atom. The van der Waals surface area contributed by atoms with Crippen LogP contribution in [0.3, 0.4) is 0 Å². The van der Waals surface area contributed by atoms with Gasteiger partial charge in [-0.25, -0.2) is 13.9 Å². The number of anilines is 4. The van der Waals surface area contributed by atoms with Gasteiger partial charge in [0.05, 0.1) is 23.8 Å². The summed E-state index contributed by atoms with van der Waals surface area (Å²) in [6.45, 7) is 0. The molecule has 3 aromatic heterocycles. The number of hydrogen-bond acceptors (Lipinski definition) is 7. The lowest BCUT2D eigenvalue weighted by atomic mass is 9.84. The van der Waals surface area contributed by atoms with Crippen molar-refractivity contribution in [3.05, 3.63) is 72.6 Å². The maximum Gasteiger partial charge on any atom is 0.276 e. The van der Waals surface area contributed by atoms with Gasteiger partial charge in [0, 0.05) is 36.5 Å². The molecule has 0 bridgehead atoms. The second kappa shape index (κ2) is 11.3. The van der Waals surface area contributed by atoms with Crippen LogP contribution in [-0.2, 0) is 4.79 Å². The molecule has 0 radical (unpaired) electrons. The van der Waals surface area contributed by atoms with Gasteiger partial charge in [-0.05, 0) is 62.6 Å². The van der Waals surface area contributed by atoms with Gasteiger partial charge in [0.1, 0.15) is 5.82 Å². The van der Waals surface area contributed by atoms with Crippen LogP contribution in [0.2, 0.25) is 0 Å². The minimum absolute atomic E-state index is 0.0368. The number of para-hydroxylation sites is 1. The summed E-state index contributed by atoms with van der Waals surface area (Å²) in [7, 11) is 0. The second-order valence-electron chi connectivity index (χ2n) is 10.5. The fraction of sp³-hybridized carbons (Fsp3) is 0.345. The number of imidazole rings is 1. The van der Waals surface area contributed by atoms with Crippen molar-refractivity contribution in [1.29, 1.82) is 0 Å². The van der Waals surface area contributed by atoms with Crippen LogP contribution in [0, 0.1) is 11.7 Å². The van der Waals surface area contributed by atoms with E-state index in [2.05, 4.69) is 36.3 Å². The molecule has 4 aromatic rings. The molecular weight excluding hydrogens is 511 g/mol. The van der Waals surface area contributed by atoms with Crippen LogP contribution in [0.5, 0.6) is 0 Å². The van der Waals surface area contributed by atoms with Crippen LogP contribution in [0.15, 0.2) is 61.1 Å². The highest BCUT2D eigenvalue weighted by molar-refractivity contribution is 6.03. The monoisotopic (exact) mass is 542 g/mol. The Morgan fingerprint density at radius 3 is 2.40 bits per heavy atom. The molecule has 3 heterocycles. The Labute approximate surface area is 230 Å². The molecule has 2 amide bonds. The smallest absolute Gasteiger partial charge is 0.276 e. The third-order valence-corrected chi connectivity index (χ3v) is 7.39. The molecule has 1 aromatic carbocycles. The van der Waals surface area contributed by atoms with E-state index in [9.17, 15) is 14.0 Å². The summed E-state index contributed by atoms with van der Waals surface area (Å²) in [6.07, 6.45) is 10.3. The minimum atomic E-state index is -0.621. The van der Waals surface area contributed by atoms with Gasteiger partial charge in [-0.3, -0.25) is 14.6 Å². The number of benzene rings is 1. The van der Waals surface area contributed by atoms with Gasteiger partial charge in [-0.15, -0.1) is 5.10 Å². The number of amides is 2. The number of carbonyl (C=O) groups is 2. The van der Waals surface area contributed by atoms with Gasteiger partial charge in [-0.1, -0.05) is 18.2 Å². The van der Waals surface area contributed by atoms with Crippen LogP contribution in [0.25, 0.3) is 5.65 Å². The summed E-state index contributed by atoms with van der Waals surface area (Å²) in [5, 5.41) is 17.3. The highest BCUT2D eigenvalue weighted by Crippen LogP contribution is 2.32. The van der Waals surface area contributed by atoms with E-state index < -0.39 is 11.7 Å². The molecule has 10 nitrogen and oxygen atoms in total. The molecule has 4 N–H and O–H groups in total. The fourth-order valence-corrected chi connectivity index (χ4v) is 5.13.